The summed E-state index contributed by atoms with van der Waals surface area (Å²) in [4.78, 5) is 0. The molecule has 0 aromatic heterocycles. The predicted octanol–water partition coefficient (Wildman–Crippen LogP) is 10.0. The Bertz CT molecular complexity index is 706. The lowest BCUT2D eigenvalue weighted by atomic mass is 10.5. The topological polar surface area (TPSA) is 18.5 Å². The van der Waals surface area contributed by atoms with E-state index in [4.69, 9.17) is 41.5 Å². The molecule has 0 rings (SSSR count). The Kier molecular flexibility index (Phi) is 19.8. The predicted molar refractivity (Wildman–Crippen MR) is 166 cm³/mol. The van der Waals surface area contributed by atoms with Crippen LogP contribution < -0.4 is 0 Å². The van der Waals surface area contributed by atoms with Crippen molar-refractivity contribution in [3.8, 4) is 0 Å². The maximum absolute atomic E-state index is 12.4. The van der Waals surface area contributed by atoms with Crippen molar-refractivity contribution in [3.05, 3.63) is 24.6 Å². The first kappa shape index (κ1) is 45.4. The molecule has 0 fully saturated rings. The molecule has 1 atom stereocenters. The second-order valence-electron chi connectivity index (χ2n) is 11.2. The van der Waals surface area contributed by atoms with E-state index in [0.717, 1.165) is 9.76 Å². The van der Waals surface area contributed by atoms with E-state index < -0.39 is 76.6 Å². The number of hydrogen-bond donors (Lipinski definition) is 0. The van der Waals surface area contributed by atoms with Crippen molar-refractivity contribution in [2.24, 2.45) is 0 Å². The maximum Gasteiger partial charge on any atom is 0.388 e. The zero-order valence-electron chi connectivity index (χ0n) is 24.2. The smallest absolute Gasteiger partial charge is 0.388 e. The second kappa shape index (κ2) is 17.4. The minimum atomic E-state index is -4.26. The summed E-state index contributed by atoms with van der Waals surface area (Å²) in [6.45, 7) is 15.1. The van der Waals surface area contributed by atoms with E-state index in [2.05, 4.69) is 13.2 Å². The molecule has 0 aliphatic rings. The number of hydrogen-bond acceptors (Lipinski definition) is 2. The van der Waals surface area contributed by atoms with E-state index >= 15 is 0 Å². The van der Waals surface area contributed by atoms with Crippen LogP contribution in [0.25, 0.3) is 0 Å². The van der Waals surface area contributed by atoms with E-state index in [0.29, 0.717) is 0 Å². The Hall–Kier alpha value is 0.941. The van der Waals surface area contributed by atoms with E-state index in [1.165, 1.54) is 5.70 Å². The molecule has 0 saturated heterocycles. The molecular formula is C20H42Cl3F9O2Si6. The molecule has 0 bridgehead atoms. The summed E-state index contributed by atoms with van der Waals surface area (Å²) < 4.78 is 121. The van der Waals surface area contributed by atoms with E-state index in [1.807, 2.05) is 0 Å². The Labute approximate surface area is 254 Å². The average Bonchev–Trinajstić information content (AvgIpc) is 2.67. The van der Waals surface area contributed by atoms with Gasteiger partial charge in [-0.3, -0.25) is 0 Å². The van der Waals surface area contributed by atoms with Crippen LogP contribution in [0.5, 0.6) is 0 Å². The highest BCUT2D eigenvalue weighted by molar-refractivity contribution is 7.47. The van der Waals surface area contributed by atoms with Gasteiger partial charge in [0.15, 0.2) is 16.6 Å². The summed E-state index contributed by atoms with van der Waals surface area (Å²) in [7, 11) is -7.68. The van der Waals surface area contributed by atoms with Gasteiger partial charge in [-0.05, 0) is 57.4 Å². The lowest BCUT2D eigenvalue weighted by Gasteiger charge is -2.39. The Morgan fingerprint density at radius 2 is 0.850 bits per heavy atom. The highest BCUT2D eigenvalue weighted by atomic mass is 35.7. The largest absolute Gasteiger partial charge is 0.433 e. The fourth-order valence-electron chi connectivity index (χ4n) is 2.63. The molecule has 1 unspecified atom stereocenters. The summed E-state index contributed by atoms with van der Waals surface area (Å²) in [5, 5.41) is 0. The molecule has 0 spiro atoms. The first-order valence-electron chi connectivity index (χ1n) is 12.1. The van der Waals surface area contributed by atoms with Crippen molar-refractivity contribution in [2.75, 3.05) is 0 Å². The standard InChI is InChI=1S/C13H26F6O2Si3.C4H10ClF3Si2.C3H6Cl2Si/c1-7-24(6,20-22(2,3)10-8-12(14,15)16)21-23(4,5)11-9-13(17,18)19;1-10(5,9)3-2-4(6,7)8;1-3-6(2,4)5/h7H,1,8-11H2,2-6H3;2-3H2,1,9H3;3H,1H2,2H3. The molecule has 0 aliphatic carbocycles. The van der Waals surface area contributed by atoms with Gasteiger partial charge < -0.3 is 8.23 Å². The highest BCUT2D eigenvalue weighted by Gasteiger charge is 2.44. The van der Waals surface area contributed by atoms with Crippen molar-refractivity contribution in [2.45, 2.75) is 102 Å². The molecule has 20 heteroatoms. The molecule has 0 aromatic rings. The van der Waals surface area contributed by atoms with Crippen molar-refractivity contribution in [1.82, 2.24) is 0 Å². The lowest BCUT2D eigenvalue weighted by molar-refractivity contribution is -0.131. The van der Waals surface area contributed by atoms with E-state index in [-0.39, 0.29) is 18.1 Å². The maximum atomic E-state index is 12.4. The van der Waals surface area contributed by atoms with Gasteiger partial charge in [-0.15, -0.1) is 35.3 Å². The van der Waals surface area contributed by atoms with Crippen LogP contribution in [0.3, 0.4) is 0 Å². The molecule has 0 heterocycles. The van der Waals surface area contributed by atoms with Gasteiger partial charge in [-0.1, -0.05) is 17.9 Å². The average molecular weight is 760 g/mol. The summed E-state index contributed by atoms with van der Waals surface area (Å²) in [6, 6.07) is -0.0775. The normalized spacial score (nSPS) is 15.3. The third-order valence-electron chi connectivity index (χ3n) is 4.71. The summed E-state index contributed by atoms with van der Waals surface area (Å²) in [6.07, 6.45) is -15.1. The van der Waals surface area contributed by atoms with Gasteiger partial charge in [0.25, 0.3) is 6.69 Å². The highest BCUT2D eigenvalue weighted by Crippen LogP contribution is 2.32. The van der Waals surface area contributed by atoms with Gasteiger partial charge in [0, 0.05) is 29.0 Å². The Balaban J connectivity index is -0.000000697. The number of alkyl halides is 9. The van der Waals surface area contributed by atoms with Gasteiger partial charge in [-0.25, -0.2) is 0 Å². The molecule has 0 amide bonds. The van der Waals surface area contributed by atoms with Gasteiger partial charge in [0.05, 0.1) is 0 Å². The van der Waals surface area contributed by atoms with Crippen molar-refractivity contribution < 1.29 is 47.7 Å². The zero-order valence-corrected chi connectivity index (χ0v) is 33.4. The van der Waals surface area contributed by atoms with Crippen LogP contribution in [-0.2, 0) is 8.23 Å². The van der Waals surface area contributed by atoms with Crippen LogP contribution in [0.2, 0.25) is 64.0 Å². The summed E-state index contributed by atoms with van der Waals surface area (Å²) >= 11 is 16.7. The SMILES string of the molecule is C=C[Si](C)(Cl)Cl.C=C[Si](C)(O[Si](C)(C)CCC(F)(F)F)O[Si](C)(C)CCC(F)(F)F.C[Si]([SiH3])(Cl)CCC(F)(F)F. The number of halogens is 12. The second-order valence-corrected chi connectivity index (χ2v) is 46.4. The minimum Gasteiger partial charge on any atom is -0.433 e. The quantitative estimate of drug-likeness (QED) is 0.112. The van der Waals surface area contributed by atoms with Crippen LogP contribution in [-0.4, -0.2) is 67.1 Å². The monoisotopic (exact) mass is 758 g/mol. The molecule has 0 radical (unpaired) electrons. The Morgan fingerprint density at radius 1 is 0.600 bits per heavy atom. The molecule has 2 nitrogen and oxygen atoms in total. The van der Waals surface area contributed by atoms with Crippen molar-refractivity contribution >= 4 is 81.8 Å². The first-order valence-corrected chi connectivity index (χ1v) is 32.5. The van der Waals surface area contributed by atoms with Gasteiger partial charge >= 0.3 is 27.1 Å². The van der Waals surface area contributed by atoms with Crippen molar-refractivity contribution in [1.29, 1.82) is 0 Å². The first-order chi connectivity index (χ1) is 17.2. The third-order valence-corrected chi connectivity index (χ3v) is 21.2. The minimum absolute atomic E-state index is 0.124. The molecular weight excluding hydrogens is 718 g/mol. The molecule has 0 aliphatic heterocycles. The van der Waals surface area contributed by atoms with E-state index in [1.54, 1.807) is 51.5 Å². The van der Waals surface area contributed by atoms with Crippen LogP contribution in [0.1, 0.15) is 19.3 Å². The summed E-state index contributed by atoms with van der Waals surface area (Å²) in [5.74, 6) is 0. The summed E-state index contributed by atoms with van der Waals surface area (Å²) in [5.41, 5.74) is 3.05. The van der Waals surface area contributed by atoms with Crippen LogP contribution in [0.15, 0.2) is 24.6 Å². The molecule has 0 N–H and O–H groups in total. The van der Waals surface area contributed by atoms with Crippen LogP contribution in [0.4, 0.5) is 39.5 Å². The fourth-order valence-corrected chi connectivity index (χ4v) is 17.1. The van der Waals surface area contributed by atoms with Crippen molar-refractivity contribution in [3.63, 3.8) is 0 Å². The van der Waals surface area contributed by atoms with Crippen LogP contribution >= 0.6 is 33.2 Å². The molecule has 0 aromatic carbocycles. The molecule has 40 heavy (non-hydrogen) atoms. The zero-order chi connectivity index (χ0) is 33.1. The van der Waals surface area contributed by atoms with Gasteiger partial charge in [0.2, 0.25) is 0 Å². The van der Waals surface area contributed by atoms with Crippen LogP contribution in [0, 0.1) is 0 Å². The van der Waals surface area contributed by atoms with Gasteiger partial charge in [0.1, 0.15) is 6.90 Å². The molecule has 0 saturated carbocycles. The van der Waals surface area contributed by atoms with E-state index in [9.17, 15) is 39.5 Å². The molecule has 242 valence electrons. The lowest BCUT2D eigenvalue weighted by Crippen LogP contribution is -2.53. The Morgan fingerprint density at radius 3 is 1.00 bits per heavy atom. The fraction of sp³-hybridized carbons (Fsp3) is 0.800. The third kappa shape index (κ3) is 35.1. The van der Waals surface area contributed by atoms with Gasteiger partial charge in [-0.2, -0.15) is 50.6 Å². The number of rotatable bonds is 12.